The molecule has 0 atom stereocenters. The molecule has 0 aliphatic rings. The summed E-state index contributed by atoms with van der Waals surface area (Å²) >= 11 is 0. The first-order valence-electron chi connectivity index (χ1n) is 8.05. The molecule has 2 N–H and O–H groups in total. The third-order valence-corrected chi connectivity index (χ3v) is 4.13. The summed E-state index contributed by atoms with van der Waals surface area (Å²) < 4.78 is 38.2. The molecule has 9 heteroatoms. The van der Waals surface area contributed by atoms with Gasteiger partial charge in [-0.3, -0.25) is 15.5 Å². The number of aromatic nitrogens is 1. The normalized spacial score (nSPS) is 12.0. The number of fused-ring (bicyclic) bond motifs is 1. The minimum absolute atomic E-state index is 0.127. The van der Waals surface area contributed by atoms with Crippen molar-refractivity contribution in [2.24, 2.45) is 5.10 Å². The highest BCUT2D eigenvalue weighted by molar-refractivity contribution is 6.00. The fraction of sp³-hybridized carbons (Fsp3) is 0.167. The van der Waals surface area contributed by atoms with Gasteiger partial charge in [-0.05, 0) is 24.1 Å². The van der Waals surface area contributed by atoms with E-state index in [1.54, 1.807) is 6.20 Å². The van der Waals surface area contributed by atoms with Crippen molar-refractivity contribution >= 4 is 28.5 Å². The number of hydrogen-bond donors (Lipinski definition) is 2. The van der Waals surface area contributed by atoms with Crippen LogP contribution in [0.4, 0.5) is 24.5 Å². The molecule has 0 unspecified atom stereocenters. The predicted molar refractivity (Wildman–Crippen MR) is 97.0 cm³/mol. The van der Waals surface area contributed by atoms with Crippen LogP contribution in [0.5, 0.6) is 0 Å². The van der Waals surface area contributed by atoms with E-state index in [0.29, 0.717) is 6.07 Å². The van der Waals surface area contributed by atoms with Crippen LogP contribution in [0, 0.1) is 10.1 Å². The molecule has 1 aromatic heterocycles. The lowest BCUT2D eigenvalue weighted by atomic mass is 10.1. The van der Waals surface area contributed by atoms with Gasteiger partial charge >= 0.3 is 6.18 Å². The third-order valence-electron chi connectivity index (χ3n) is 4.13. The number of nitro benzene ring substituents is 1. The number of H-pyrrole nitrogens is 1. The quantitative estimate of drug-likeness (QED) is 0.369. The zero-order valence-electron chi connectivity index (χ0n) is 14.2. The number of rotatable bonds is 5. The Balaban J connectivity index is 1.88. The van der Waals surface area contributed by atoms with Crippen LogP contribution in [-0.4, -0.2) is 16.1 Å². The molecule has 3 aromatic rings. The zero-order valence-corrected chi connectivity index (χ0v) is 14.2. The van der Waals surface area contributed by atoms with E-state index < -0.39 is 22.4 Å². The average Bonchev–Trinajstić information content (AvgIpc) is 3.04. The van der Waals surface area contributed by atoms with E-state index in [-0.39, 0.29) is 5.69 Å². The summed E-state index contributed by atoms with van der Waals surface area (Å²) in [6, 6.07) is 8.07. The topological polar surface area (TPSA) is 83.3 Å². The minimum atomic E-state index is -4.66. The number of nitro groups is 1. The van der Waals surface area contributed by atoms with Gasteiger partial charge in [-0.15, -0.1) is 0 Å². The van der Waals surface area contributed by atoms with Crippen LogP contribution in [0.2, 0.25) is 0 Å². The first-order chi connectivity index (χ1) is 12.8. The molecule has 0 amide bonds. The number of alkyl halides is 3. The van der Waals surface area contributed by atoms with Crippen LogP contribution in [0.15, 0.2) is 47.7 Å². The molecular weight excluding hydrogens is 361 g/mol. The molecule has 1 heterocycles. The fourth-order valence-corrected chi connectivity index (χ4v) is 2.77. The molecule has 0 radical (unpaired) electrons. The summed E-state index contributed by atoms with van der Waals surface area (Å²) in [6.07, 6.45) is -0.603. The maximum atomic E-state index is 12.7. The number of benzene rings is 2. The van der Waals surface area contributed by atoms with E-state index >= 15 is 0 Å². The van der Waals surface area contributed by atoms with Crippen molar-refractivity contribution in [2.75, 3.05) is 5.43 Å². The molecule has 6 nitrogen and oxygen atoms in total. The Kier molecular flexibility index (Phi) is 4.85. The Labute approximate surface area is 151 Å². The average molecular weight is 376 g/mol. The van der Waals surface area contributed by atoms with E-state index in [2.05, 4.69) is 15.5 Å². The van der Waals surface area contributed by atoms with Crippen LogP contribution in [0.25, 0.3) is 10.9 Å². The molecular formula is C18H15F3N4O2. The Hall–Kier alpha value is -3.36. The van der Waals surface area contributed by atoms with Crippen molar-refractivity contribution in [3.63, 3.8) is 0 Å². The lowest BCUT2D eigenvalue weighted by molar-refractivity contribution is -0.384. The molecule has 0 saturated carbocycles. The van der Waals surface area contributed by atoms with Crippen molar-refractivity contribution in [3.05, 3.63) is 69.4 Å². The summed E-state index contributed by atoms with van der Waals surface area (Å²) in [5.41, 5.74) is 3.40. The predicted octanol–water partition coefficient (Wildman–Crippen LogP) is 5.10. The molecule has 0 fully saturated rings. The van der Waals surface area contributed by atoms with Crippen LogP contribution in [0.1, 0.15) is 23.6 Å². The van der Waals surface area contributed by atoms with Crippen molar-refractivity contribution in [2.45, 2.75) is 19.5 Å². The van der Waals surface area contributed by atoms with Gasteiger partial charge in [-0.2, -0.15) is 18.3 Å². The molecule has 0 spiro atoms. The molecule has 0 saturated heterocycles. The zero-order chi connectivity index (χ0) is 19.6. The number of nitrogens with zero attached hydrogens (tertiary/aromatic N) is 2. The Morgan fingerprint density at radius 2 is 2.07 bits per heavy atom. The second kappa shape index (κ2) is 7.10. The Morgan fingerprint density at radius 1 is 1.30 bits per heavy atom. The summed E-state index contributed by atoms with van der Waals surface area (Å²) in [5, 5.41) is 16.0. The van der Waals surface area contributed by atoms with Crippen LogP contribution in [0.3, 0.4) is 0 Å². The summed E-state index contributed by atoms with van der Waals surface area (Å²) in [6.45, 7) is 2.04. The van der Waals surface area contributed by atoms with Crippen molar-refractivity contribution in [1.29, 1.82) is 0 Å². The molecule has 3 rings (SSSR count). The van der Waals surface area contributed by atoms with Gasteiger partial charge in [0.15, 0.2) is 0 Å². The molecule has 0 aliphatic heterocycles. The third kappa shape index (κ3) is 3.76. The number of halogens is 3. The number of aryl methyl sites for hydroxylation is 1. The van der Waals surface area contributed by atoms with Gasteiger partial charge in [-0.25, -0.2) is 0 Å². The van der Waals surface area contributed by atoms with Crippen LogP contribution < -0.4 is 5.43 Å². The van der Waals surface area contributed by atoms with Gasteiger partial charge in [0.25, 0.3) is 5.69 Å². The fourth-order valence-electron chi connectivity index (χ4n) is 2.77. The SMILES string of the molecule is CCc1cccc2c(C=NNc3ccc(C(F)(F)F)cc3[N+](=O)[O-])c[nH]c12. The number of anilines is 1. The number of hydrazone groups is 1. The smallest absolute Gasteiger partial charge is 0.360 e. The van der Waals surface area contributed by atoms with E-state index in [0.717, 1.165) is 40.6 Å². The summed E-state index contributed by atoms with van der Waals surface area (Å²) in [7, 11) is 0. The van der Waals surface area contributed by atoms with Gasteiger partial charge in [0, 0.05) is 28.7 Å². The van der Waals surface area contributed by atoms with Gasteiger partial charge in [0.2, 0.25) is 0 Å². The van der Waals surface area contributed by atoms with E-state index in [9.17, 15) is 23.3 Å². The summed E-state index contributed by atoms with van der Waals surface area (Å²) in [4.78, 5) is 13.4. The number of nitrogens with one attached hydrogen (secondary N) is 2. The lowest BCUT2D eigenvalue weighted by Crippen LogP contribution is -2.06. The van der Waals surface area contributed by atoms with Crippen LogP contribution in [-0.2, 0) is 12.6 Å². The molecule has 0 bridgehead atoms. The number of aromatic amines is 1. The second-order valence-electron chi connectivity index (χ2n) is 5.79. The second-order valence-corrected chi connectivity index (χ2v) is 5.79. The van der Waals surface area contributed by atoms with Crippen LogP contribution >= 0.6 is 0 Å². The highest BCUT2D eigenvalue weighted by atomic mass is 19.4. The van der Waals surface area contributed by atoms with E-state index in [4.69, 9.17) is 0 Å². The first kappa shape index (κ1) is 18.4. The molecule has 27 heavy (non-hydrogen) atoms. The van der Waals surface area contributed by atoms with Crippen molar-refractivity contribution in [1.82, 2.24) is 4.98 Å². The summed E-state index contributed by atoms with van der Waals surface area (Å²) in [5.74, 6) is 0. The van der Waals surface area contributed by atoms with E-state index in [1.165, 1.54) is 6.21 Å². The standard InChI is InChI=1S/C18H15F3N4O2/c1-2-11-4-3-5-14-12(9-22-17(11)14)10-23-24-15-7-6-13(18(19,20)21)8-16(15)25(26)27/h3-10,22,24H,2H2,1H3. The van der Waals surface area contributed by atoms with Crippen molar-refractivity contribution in [3.8, 4) is 0 Å². The van der Waals surface area contributed by atoms with Gasteiger partial charge in [0.1, 0.15) is 5.69 Å². The van der Waals surface area contributed by atoms with Crippen molar-refractivity contribution < 1.29 is 18.1 Å². The monoisotopic (exact) mass is 376 g/mol. The molecule has 0 aliphatic carbocycles. The number of hydrogen-bond acceptors (Lipinski definition) is 4. The van der Waals surface area contributed by atoms with Gasteiger partial charge < -0.3 is 4.98 Å². The maximum Gasteiger partial charge on any atom is 0.416 e. The Bertz CT molecular complexity index is 1030. The van der Waals surface area contributed by atoms with E-state index in [1.807, 2.05) is 25.1 Å². The molecule has 2 aromatic carbocycles. The lowest BCUT2D eigenvalue weighted by Gasteiger charge is -2.08. The highest BCUT2D eigenvalue weighted by Crippen LogP contribution is 2.35. The molecule has 140 valence electrons. The maximum absolute atomic E-state index is 12.7. The minimum Gasteiger partial charge on any atom is -0.360 e. The highest BCUT2D eigenvalue weighted by Gasteiger charge is 2.33. The Morgan fingerprint density at radius 3 is 2.74 bits per heavy atom. The number of para-hydroxylation sites is 1. The first-order valence-corrected chi connectivity index (χ1v) is 8.05. The largest absolute Gasteiger partial charge is 0.416 e. The van der Waals surface area contributed by atoms with Gasteiger partial charge in [-0.1, -0.05) is 25.1 Å². The van der Waals surface area contributed by atoms with Gasteiger partial charge in [0.05, 0.1) is 16.7 Å².